The van der Waals surface area contributed by atoms with Crippen molar-refractivity contribution in [2.75, 3.05) is 7.11 Å². The Bertz CT molecular complexity index is 1110. The number of methoxy groups -OCH3 is 1. The van der Waals surface area contributed by atoms with Gasteiger partial charge in [0, 0.05) is 36.0 Å². The molecule has 1 atom stereocenters. The quantitative estimate of drug-likeness (QED) is 0.502. The number of hydrogen-bond acceptors (Lipinski definition) is 2. The van der Waals surface area contributed by atoms with Crippen molar-refractivity contribution in [1.29, 1.82) is 0 Å². The summed E-state index contributed by atoms with van der Waals surface area (Å²) in [6.07, 6.45) is 2.42. The smallest absolute Gasteiger partial charge is 0.218 e. The number of para-hydroxylation sites is 1. The maximum atomic E-state index is 11.9. The van der Waals surface area contributed by atoms with Crippen molar-refractivity contribution in [3.05, 3.63) is 102 Å². The number of nitrogens with zero attached hydrogens (tertiary/aromatic N) is 1. The molecule has 0 aliphatic carbocycles. The maximum absolute atomic E-state index is 11.9. The number of carbonyl (C=O) groups excluding carboxylic acids is 1. The van der Waals surface area contributed by atoms with Gasteiger partial charge in [0.15, 0.2) is 0 Å². The Labute approximate surface area is 170 Å². The summed E-state index contributed by atoms with van der Waals surface area (Å²) in [6, 6.07) is 26.6. The average Bonchev–Trinajstić information content (AvgIpc) is 3.11. The molecule has 29 heavy (non-hydrogen) atoms. The molecule has 146 valence electrons. The van der Waals surface area contributed by atoms with Gasteiger partial charge in [-0.2, -0.15) is 0 Å². The summed E-state index contributed by atoms with van der Waals surface area (Å²) in [5.74, 6) is 0.365. The largest absolute Gasteiger partial charge is 0.497 e. The molecule has 0 fully saturated rings. The molecule has 0 spiro atoms. The summed E-state index contributed by atoms with van der Waals surface area (Å²) in [5.41, 5.74) is 10.2. The second kappa shape index (κ2) is 8.23. The highest BCUT2D eigenvalue weighted by Crippen LogP contribution is 2.35. The number of primary amides is 1. The summed E-state index contributed by atoms with van der Waals surface area (Å²) >= 11 is 0. The van der Waals surface area contributed by atoms with Crippen LogP contribution in [0.25, 0.3) is 10.9 Å². The Morgan fingerprint density at radius 1 is 0.966 bits per heavy atom. The molecule has 2 N–H and O–H groups in total. The minimum Gasteiger partial charge on any atom is -0.497 e. The van der Waals surface area contributed by atoms with Crippen molar-refractivity contribution in [2.24, 2.45) is 5.73 Å². The first-order valence-corrected chi connectivity index (χ1v) is 9.69. The number of benzene rings is 3. The predicted molar refractivity (Wildman–Crippen MR) is 116 cm³/mol. The first-order chi connectivity index (χ1) is 14.2. The van der Waals surface area contributed by atoms with Crippen molar-refractivity contribution < 1.29 is 9.53 Å². The molecule has 4 rings (SSSR count). The Hall–Kier alpha value is -3.53. The first kappa shape index (κ1) is 18.8. The van der Waals surface area contributed by atoms with Crippen LogP contribution < -0.4 is 10.5 Å². The van der Waals surface area contributed by atoms with Gasteiger partial charge in [0.05, 0.1) is 7.11 Å². The van der Waals surface area contributed by atoms with Gasteiger partial charge >= 0.3 is 0 Å². The van der Waals surface area contributed by atoms with E-state index in [0.717, 1.165) is 34.3 Å². The van der Waals surface area contributed by atoms with Gasteiger partial charge in [-0.25, -0.2) is 0 Å². The molecular formula is C25H24N2O2. The fourth-order valence-corrected chi connectivity index (χ4v) is 3.91. The molecule has 0 saturated carbocycles. The van der Waals surface area contributed by atoms with Crippen LogP contribution in [0, 0.1) is 0 Å². The molecule has 1 heterocycles. The van der Waals surface area contributed by atoms with Crippen LogP contribution in [0.1, 0.15) is 29.0 Å². The highest BCUT2D eigenvalue weighted by atomic mass is 16.5. The highest BCUT2D eigenvalue weighted by molar-refractivity contribution is 5.86. The van der Waals surface area contributed by atoms with E-state index in [9.17, 15) is 4.79 Å². The van der Waals surface area contributed by atoms with Crippen LogP contribution in [0.3, 0.4) is 0 Å². The minimum absolute atomic E-state index is 0.111. The van der Waals surface area contributed by atoms with E-state index in [2.05, 4.69) is 47.2 Å². The van der Waals surface area contributed by atoms with Crippen LogP contribution in [0.4, 0.5) is 0 Å². The topological polar surface area (TPSA) is 57.2 Å². The van der Waals surface area contributed by atoms with Gasteiger partial charge in [0.1, 0.15) is 5.75 Å². The number of hydrogen-bond donors (Lipinski definition) is 1. The van der Waals surface area contributed by atoms with E-state index in [1.165, 1.54) is 5.56 Å². The lowest BCUT2D eigenvalue weighted by atomic mass is 9.88. The Balaban J connectivity index is 1.81. The molecule has 3 aromatic carbocycles. The predicted octanol–water partition coefficient (Wildman–Crippen LogP) is 4.71. The van der Waals surface area contributed by atoms with Gasteiger partial charge in [-0.3, -0.25) is 4.79 Å². The van der Waals surface area contributed by atoms with Gasteiger partial charge in [-0.1, -0.05) is 60.7 Å². The zero-order chi connectivity index (χ0) is 20.2. The third kappa shape index (κ3) is 4.02. The number of fused-ring (bicyclic) bond motifs is 1. The van der Waals surface area contributed by atoms with Gasteiger partial charge in [0.2, 0.25) is 5.91 Å². The molecule has 0 aliphatic heterocycles. The van der Waals surface area contributed by atoms with Crippen molar-refractivity contribution in [3.63, 3.8) is 0 Å². The van der Waals surface area contributed by atoms with E-state index in [4.69, 9.17) is 10.5 Å². The average molecular weight is 384 g/mol. The Morgan fingerprint density at radius 2 is 1.66 bits per heavy atom. The second-order valence-electron chi connectivity index (χ2n) is 7.21. The normalized spacial score (nSPS) is 12.0. The second-order valence-corrected chi connectivity index (χ2v) is 7.21. The van der Waals surface area contributed by atoms with Crippen LogP contribution in [0.15, 0.2) is 85.1 Å². The number of amides is 1. The molecule has 0 aliphatic rings. The van der Waals surface area contributed by atoms with E-state index in [0.29, 0.717) is 0 Å². The highest BCUT2D eigenvalue weighted by Gasteiger charge is 2.22. The molecule has 4 heteroatoms. The number of rotatable bonds is 7. The van der Waals surface area contributed by atoms with Gasteiger partial charge in [-0.05, 0) is 34.9 Å². The van der Waals surface area contributed by atoms with Crippen LogP contribution in [0.5, 0.6) is 5.75 Å². The fraction of sp³-hybridized carbons (Fsp3) is 0.160. The van der Waals surface area contributed by atoms with Crippen molar-refractivity contribution in [3.8, 4) is 5.75 Å². The molecule has 1 amide bonds. The fourth-order valence-electron chi connectivity index (χ4n) is 3.91. The number of nitrogens with two attached hydrogens (primary N) is 1. The van der Waals surface area contributed by atoms with Crippen molar-refractivity contribution >= 4 is 16.8 Å². The molecule has 4 aromatic rings. The lowest BCUT2D eigenvalue weighted by molar-refractivity contribution is -0.118. The third-order valence-electron chi connectivity index (χ3n) is 5.31. The molecule has 1 aromatic heterocycles. The first-order valence-electron chi connectivity index (χ1n) is 9.69. The Kier molecular flexibility index (Phi) is 5.34. The molecule has 4 nitrogen and oxygen atoms in total. The third-order valence-corrected chi connectivity index (χ3v) is 5.31. The van der Waals surface area contributed by atoms with E-state index in [-0.39, 0.29) is 18.2 Å². The number of ether oxygens (including phenoxy) is 1. The van der Waals surface area contributed by atoms with Crippen LogP contribution in [-0.4, -0.2) is 17.6 Å². The summed E-state index contributed by atoms with van der Waals surface area (Å²) in [6.45, 7) is 0.771. The van der Waals surface area contributed by atoms with Crippen molar-refractivity contribution in [2.45, 2.75) is 18.9 Å². The molecule has 0 radical (unpaired) electrons. The SMILES string of the molecule is COc1ccc([C@@H](CC(N)=O)c2cn(Cc3ccccc3)c3ccccc23)cc1. The summed E-state index contributed by atoms with van der Waals surface area (Å²) < 4.78 is 7.53. The van der Waals surface area contributed by atoms with Gasteiger partial charge < -0.3 is 15.0 Å². The minimum atomic E-state index is -0.314. The van der Waals surface area contributed by atoms with E-state index in [1.54, 1.807) is 7.11 Å². The molecule has 0 saturated heterocycles. The number of aromatic nitrogens is 1. The Morgan fingerprint density at radius 3 is 2.34 bits per heavy atom. The zero-order valence-electron chi connectivity index (χ0n) is 16.4. The molecule has 0 bridgehead atoms. The number of carbonyl (C=O) groups is 1. The summed E-state index contributed by atoms with van der Waals surface area (Å²) in [4.78, 5) is 11.9. The van der Waals surface area contributed by atoms with Gasteiger partial charge in [0.25, 0.3) is 0 Å². The standard InChI is InChI=1S/C25H24N2O2/c1-29-20-13-11-19(12-14-20)22(15-25(26)28)23-17-27(16-18-7-3-2-4-8-18)24-10-6-5-9-21(23)24/h2-14,17,22H,15-16H2,1H3,(H2,26,28)/t22-/m1/s1. The van der Waals surface area contributed by atoms with Crippen LogP contribution in [-0.2, 0) is 11.3 Å². The van der Waals surface area contributed by atoms with Crippen molar-refractivity contribution in [1.82, 2.24) is 4.57 Å². The summed E-state index contributed by atoms with van der Waals surface area (Å²) in [7, 11) is 1.65. The van der Waals surface area contributed by atoms with E-state index >= 15 is 0 Å². The summed E-state index contributed by atoms with van der Waals surface area (Å²) in [5, 5.41) is 1.14. The lowest BCUT2D eigenvalue weighted by Crippen LogP contribution is -2.16. The molecular weight excluding hydrogens is 360 g/mol. The van der Waals surface area contributed by atoms with Crippen LogP contribution >= 0.6 is 0 Å². The van der Waals surface area contributed by atoms with E-state index in [1.807, 2.05) is 42.5 Å². The van der Waals surface area contributed by atoms with Gasteiger partial charge in [-0.15, -0.1) is 0 Å². The lowest BCUT2D eigenvalue weighted by Gasteiger charge is -2.16. The molecule has 0 unspecified atom stereocenters. The van der Waals surface area contributed by atoms with Crippen LogP contribution in [0.2, 0.25) is 0 Å². The maximum Gasteiger partial charge on any atom is 0.218 e. The zero-order valence-corrected chi connectivity index (χ0v) is 16.4. The van der Waals surface area contributed by atoms with E-state index < -0.39 is 0 Å². The monoisotopic (exact) mass is 384 g/mol.